The first-order chi connectivity index (χ1) is 17.1. The molecule has 0 fully saturated rings. The number of hydrogen-bond donors (Lipinski definition) is 10. The number of hydrogen-bond acceptors (Lipinski definition) is 9. The number of amides is 5. The number of carboxylic acids is 1. The second-order valence-corrected chi connectivity index (χ2v) is 8.25. The molecule has 0 heterocycles. The minimum absolute atomic E-state index is 0.0517. The molecule has 0 aliphatic carbocycles. The number of carboxylic acid groups (broad SMARTS) is 1. The van der Waals surface area contributed by atoms with Gasteiger partial charge in [-0.25, -0.2) is 4.79 Å². The number of nitrogens with one attached hydrogen (secondary N) is 3. The van der Waals surface area contributed by atoms with Crippen LogP contribution in [0.15, 0.2) is 4.99 Å². The van der Waals surface area contributed by atoms with Crippen LogP contribution in [0.2, 0.25) is 0 Å². The third kappa shape index (κ3) is 14.2. The first-order valence-electron chi connectivity index (χ1n) is 11.3. The smallest absolute Gasteiger partial charge is 0.326 e. The summed E-state index contributed by atoms with van der Waals surface area (Å²) in [6.07, 6.45) is -2.24. The number of carbonyl (C=O) groups excluding carboxylic acids is 5. The molecule has 0 aliphatic heterocycles. The molecule has 0 saturated carbocycles. The molecule has 5 unspecified atom stereocenters. The normalized spacial score (nSPS) is 14.7. The predicted octanol–water partition coefficient (Wildman–Crippen LogP) is -5.18. The van der Waals surface area contributed by atoms with Crippen molar-refractivity contribution in [2.75, 3.05) is 6.54 Å². The maximum Gasteiger partial charge on any atom is 0.326 e. The van der Waals surface area contributed by atoms with Crippen molar-refractivity contribution < 1.29 is 39.0 Å². The molecule has 17 nitrogen and oxygen atoms in total. The quantitative estimate of drug-likeness (QED) is 0.0452. The van der Waals surface area contributed by atoms with Crippen LogP contribution in [0, 0.1) is 0 Å². The summed E-state index contributed by atoms with van der Waals surface area (Å²) in [5, 5.41) is 26.2. The van der Waals surface area contributed by atoms with Gasteiger partial charge < -0.3 is 54.8 Å². The predicted molar refractivity (Wildman–Crippen MR) is 130 cm³/mol. The molecule has 17 heteroatoms. The zero-order chi connectivity index (χ0) is 28.7. The summed E-state index contributed by atoms with van der Waals surface area (Å²) in [5.74, 6) is -5.86. The van der Waals surface area contributed by atoms with Crippen molar-refractivity contribution in [3.63, 3.8) is 0 Å². The topological polar surface area (TPSA) is 321 Å². The maximum atomic E-state index is 12.8. The molecule has 5 atom stereocenters. The van der Waals surface area contributed by atoms with Crippen LogP contribution in [0.25, 0.3) is 0 Å². The summed E-state index contributed by atoms with van der Waals surface area (Å²) in [4.78, 5) is 75.3. The largest absolute Gasteiger partial charge is 0.480 e. The van der Waals surface area contributed by atoms with Gasteiger partial charge in [0.25, 0.3) is 0 Å². The zero-order valence-electron chi connectivity index (χ0n) is 20.5. The monoisotopic (exact) mass is 531 g/mol. The Labute approximate surface area is 212 Å². The third-order valence-electron chi connectivity index (χ3n) is 4.97. The van der Waals surface area contributed by atoms with Gasteiger partial charge in [0.1, 0.15) is 18.1 Å². The first kappa shape index (κ1) is 33.0. The fourth-order valence-electron chi connectivity index (χ4n) is 2.94. The molecule has 15 N–H and O–H groups in total. The molecular formula is C20H37N9O8. The summed E-state index contributed by atoms with van der Waals surface area (Å²) in [5.41, 5.74) is 26.2. The zero-order valence-corrected chi connectivity index (χ0v) is 20.5. The summed E-state index contributed by atoms with van der Waals surface area (Å²) >= 11 is 0. The maximum absolute atomic E-state index is 12.8. The summed E-state index contributed by atoms with van der Waals surface area (Å²) in [7, 11) is 0. The number of nitrogens with two attached hydrogens (primary N) is 5. The molecule has 0 spiro atoms. The number of aliphatic hydroxyl groups excluding tert-OH is 1. The van der Waals surface area contributed by atoms with Gasteiger partial charge in [0.15, 0.2) is 5.96 Å². The Balaban J connectivity index is 5.46. The van der Waals surface area contributed by atoms with E-state index in [1.807, 2.05) is 0 Å². The lowest BCUT2D eigenvalue weighted by molar-refractivity contribution is -0.142. The van der Waals surface area contributed by atoms with Gasteiger partial charge in [-0.3, -0.25) is 29.0 Å². The van der Waals surface area contributed by atoms with E-state index in [4.69, 9.17) is 28.7 Å². The van der Waals surface area contributed by atoms with Gasteiger partial charge in [-0.2, -0.15) is 0 Å². The minimum Gasteiger partial charge on any atom is -0.480 e. The first-order valence-corrected chi connectivity index (χ1v) is 11.3. The summed E-state index contributed by atoms with van der Waals surface area (Å²) in [6.45, 7) is 1.30. The van der Waals surface area contributed by atoms with Crippen LogP contribution in [0.3, 0.4) is 0 Å². The summed E-state index contributed by atoms with van der Waals surface area (Å²) in [6, 6.07) is -5.61. The lowest BCUT2D eigenvalue weighted by Gasteiger charge is -2.26. The molecule has 5 amide bonds. The lowest BCUT2D eigenvalue weighted by Crippen LogP contribution is -2.59. The molecule has 0 rings (SSSR count). The molecule has 0 aromatic heterocycles. The van der Waals surface area contributed by atoms with E-state index in [-0.39, 0.29) is 51.0 Å². The molecule has 37 heavy (non-hydrogen) atoms. The molecule has 0 radical (unpaired) electrons. The van der Waals surface area contributed by atoms with Crippen molar-refractivity contribution in [1.29, 1.82) is 0 Å². The Morgan fingerprint density at radius 1 is 0.784 bits per heavy atom. The highest BCUT2D eigenvalue weighted by atomic mass is 16.4. The molecule has 0 saturated heterocycles. The van der Waals surface area contributed by atoms with Crippen molar-refractivity contribution in [3.8, 4) is 0 Å². The number of nitrogens with zero attached hydrogens (tertiary/aromatic N) is 1. The van der Waals surface area contributed by atoms with E-state index in [1.165, 1.54) is 6.92 Å². The van der Waals surface area contributed by atoms with Crippen LogP contribution in [0.5, 0.6) is 0 Å². The van der Waals surface area contributed by atoms with Crippen molar-refractivity contribution >= 4 is 41.5 Å². The van der Waals surface area contributed by atoms with E-state index in [1.54, 1.807) is 0 Å². The molecular weight excluding hydrogens is 494 g/mol. The minimum atomic E-state index is -1.58. The molecule has 0 aromatic rings. The SMILES string of the molecule is CC(O)C(NC(=O)C(N)CCC(N)=O)C(=O)NC(CCC(N)=O)C(=O)NC(CCCN=C(N)N)C(=O)O. The Kier molecular flexibility index (Phi) is 14.8. The van der Waals surface area contributed by atoms with Gasteiger partial charge in [-0.05, 0) is 32.6 Å². The van der Waals surface area contributed by atoms with Crippen LogP contribution in [0.4, 0.5) is 0 Å². The average molecular weight is 532 g/mol. The van der Waals surface area contributed by atoms with Gasteiger partial charge in [-0.1, -0.05) is 0 Å². The van der Waals surface area contributed by atoms with Gasteiger partial charge in [0.2, 0.25) is 29.5 Å². The van der Waals surface area contributed by atoms with E-state index >= 15 is 0 Å². The van der Waals surface area contributed by atoms with Crippen molar-refractivity contribution in [2.24, 2.45) is 33.7 Å². The van der Waals surface area contributed by atoms with E-state index in [2.05, 4.69) is 20.9 Å². The average Bonchev–Trinajstić information content (AvgIpc) is 2.79. The Bertz CT molecular complexity index is 861. The standard InChI is InChI=1S/C20H37N9O8/c1-9(30)15(29-16(33)10(21)4-6-13(22)31)18(35)27-11(5-7-14(23)32)17(34)28-12(19(36)37)3-2-8-26-20(24)25/h9-12,15,30H,2-8,21H2,1H3,(H2,22,31)(H2,23,32)(H,27,35)(H,28,34)(H,29,33)(H,36,37)(H4,24,25,26). The van der Waals surface area contributed by atoms with Crippen molar-refractivity contribution in [3.05, 3.63) is 0 Å². The number of primary amides is 2. The highest BCUT2D eigenvalue weighted by Gasteiger charge is 2.32. The Hall–Kier alpha value is -3.99. The van der Waals surface area contributed by atoms with Gasteiger partial charge in [0.05, 0.1) is 12.1 Å². The number of aliphatic imine (C=N–C) groups is 1. The fourth-order valence-corrected chi connectivity index (χ4v) is 2.94. The van der Waals surface area contributed by atoms with Crippen molar-refractivity contribution in [2.45, 2.75) is 75.7 Å². The van der Waals surface area contributed by atoms with Gasteiger partial charge in [-0.15, -0.1) is 0 Å². The number of aliphatic carboxylic acids is 1. The third-order valence-corrected chi connectivity index (χ3v) is 4.97. The fraction of sp³-hybridized carbons (Fsp3) is 0.650. The second kappa shape index (κ2) is 16.6. The highest BCUT2D eigenvalue weighted by molar-refractivity contribution is 5.94. The number of guanidine groups is 1. The van der Waals surface area contributed by atoms with E-state index in [0.29, 0.717) is 0 Å². The van der Waals surface area contributed by atoms with Crippen LogP contribution in [-0.2, 0) is 28.8 Å². The van der Waals surface area contributed by atoms with Crippen LogP contribution in [-0.4, -0.2) is 88.5 Å². The number of aliphatic hydroxyl groups is 1. The van der Waals surface area contributed by atoms with Crippen LogP contribution >= 0.6 is 0 Å². The lowest BCUT2D eigenvalue weighted by atomic mass is 10.1. The number of rotatable bonds is 18. The second-order valence-electron chi connectivity index (χ2n) is 8.25. The van der Waals surface area contributed by atoms with Crippen LogP contribution < -0.4 is 44.6 Å². The molecule has 0 bridgehead atoms. The van der Waals surface area contributed by atoms with Gasteiger partial charge >= 0.3 is 5.97 Å². The molecule has 0 aromatic carbocycles. The Morgan fingerprint density at radius 3 is 1.81 bits per heavy atom. The van der Waals surface area contributed by atoms with Crippen LogP contribution in [0.1, 0.15) is 45.4 Å². The van der Waals surface area contributed by atoms with E-state index in [9.17, 15) is 39.0 Å². The van der Waals surface area contributed by atoms with Gasteiger partial charge in [0, 0.05) is 19.4 Å². The molecule has 0 aliphatic rings. The molecule has 210 valence electrons. The number of carbonyl (C=O) groups is 6. The summed E-state index contributed by atoms with van der Waals surface area (Å²) < 4.78 is 0. The highest BCUT2D eigenvalue weighted by Crippen LogP contribution is 2.05. The van der Waals surface area contributed by atoms with Crippen molar-refractivity contribution in [1.82, 2.24) is 16.0 Å². The Morgan fingerprint density at radius 2 is 1.32 bits per heavy atom. The van der Waals surface area contributed by atoms with E-state index < -0.39 is 65.8 Å². The van der Waals surface area contributed by atoms with E-state index in [0.717, 1.165) is 0 Å².